The average molecular weight is 278 g/mol. The molecule has 0 atom stereocenters. The smallest absolute Gasteiger partial charge is 0.265 e. The fourth-order valence-corrected chi connectivity index (χ4v) is 0.608. The monoisotopic (exact) mass is 278 g/mol. The zero-order chi connectivity index (χ0) is 7.40. The minimum Gasteiger partial charge on any atom is -0.265 e. The van der Waals surface area contributed by atoms with E-state index >= 15 is 0 Å². The van der Waals surface area contributed by atoms with Crippen molar-refractivity contribution in [2.24, 2.45) is 5.29 Å². The van der Waals surface area contributed by atoms with Crippen molar-refractivity contribution >= 4 is 5.69 Å². The molecule has 0 heterocycles. The van der Waals surface area contributed by atoms with Gasteiger partial charge in [-0.2, -0.15) is 0 Å². The van der Waals surface area contributed by atoms with Crippen molar-refractivity contribution < 1.29 is 47.0 Å². The number of anilines is 1. The minimum atomic E-state index is 0. The number of nitroso groups, excluding NO2 is 1. The molecule has 0 saturated carbocycles. The van der Waals surface area contributed by atoms with Gasteiger partial charge in [0.25, 0.3) is 0 Å². The second-order valence-electron chi connectivity index (χ2n) is 1.71. The number of para-hydroxylation sites is 1. The van der Waals surface area contributed by atoms with E-state index in [1.165, 1.54) is 0 Å². The van der Waals surface area contributed by atoms with E-state index in [9.17, 15) is 4.91 Å². The van der Waals surface area contributed by atoms with Gasteiger partial charge in [-0.15, -0.1) is 10.1 Å². The largest absolute Gasteiger partial charge is 3.00 e. The van der Waals surface area contributed by atoms with Gasteiger partial charge in [0.2, 0.25) is 0 Å². The summed E-state index contributed by atoms with van der Waals surface area (Å²) in [5.74, 6) is 0. The Kier molecular flexibility index (Phi) is 5.57. The van der Waals surface area contributed by atoms with Crippen LogP contribution in [0.2, 0.25) is 0 Å². The van der Waals surface area contributed by atoms with E-state index < -0.39 is 0 Å². The molecule has 4 nitrogen and oxygen atoms in total. The Morgan fingerprint density at radius 2 is 1.82 bits per heavy atom. The van der Waals surface area contributed by atoms with E-state index in [1.54, 1.807) is 30.3 Å². The van der Waals surface area contributed by atoms with E-state index in [0.717, 1.165) is 0 Å². The predicted molar refractivity (Wildman–Crippen MR) is 36.5 cm³/mol. The van der Waals surface area contributed by atoms with Crippen molar-refractivity contribution in [3.05, 3.63) is 35.2 Å². The number of hydrogen-bond donors (Lipinski definition) is 1. The van der Waals surface area contributed by atoms with Gasteiger partial charge in [0.15, 0.2) is 0 Å². The van der Waals surface area contributed by atoms with Gasteiger partial charge in [0.05, 0.1) is 11.0 Å². The molecule has 1 radical (unpaired) electrons. The van der Waals surface area contributed by atoms with Crippen molar-refractivity contribution in [2.75, 3.05) is 5.17 Å². The SMILES string of the molecule is O=NN(O)c1ccccc1.[Ce+3]. The van der Waals surface area contributed by atoms with Crippen LogP contribution in [0, 0.1) is 46.7 Å². The van der Waals surface area contributed by atoms with Gasteiger partial charge in [-0.05, 0) is 12.1 Å². The fourth-order valence-electron chi connectivity index (χ4n) is 0.608. The van der Waals surface area contributed by atoms with Crippen LogP contribution in [0.3, 0.4) is 0 Å². The van der Waals surface area contributed by atoms with Crippen LogP contribution in [0.25, 0.3) is 0 Å². The molecule has 53 valence electrons. The van der Waals surface area contributed by atoms with Gasteiger partial charge in [-0.25, -0.2) is 0 Å². The molecule has 0 aliphatic rings. The molecule has 1 N–H and O–H groups in total. The summed E-state index contributed by atoms with van der Waals surface area (Å²) >= 11 is 0. The molecule has 1 rings (SSSR count). The molecule has 1 aromatic rings. The number of hydrogen-bond acceptors (Lipinski definition) is 3. The second kappa shape index (κ2) is 5.59. The van der Waals surface area contributed by atoms with Crippen molar-refractivity contribution in [1.29, 1.82) is 0 Å². The minimum absolute atomic E-state index is 0. The molecule has 1 aromatic carbocycles. The quantitative estimate of drug-likeness (QED) is 0.660. The van der Waals surface area contributed by atoms with E-state index in [2.05, 4.69) is 5.29 Å². The van der Waals surface area contributed by atoms with Gasteiger partial charge in [-0.3, -0.25) is 5.21 Å². The summed E-state index contributed by atoms with van der Waals surface area (Å²) < 4.78 is 0. The van der Waals surface area contributed by atoms with Crippen LogP contribution >= 0.6 is 0 Å². The summed E-state index contributed by atoms with van der Waals surface area (Å²) in [6.45, 7) is 0. The Balaban J connectivity index is 0.000001000. The Labute approximate surface area is 97.5 Å². The van der Waals surface area contributed by atoms with Crippen LogP contribution < -0.4 is 5.17 Å². The van der Waals surface area contributed by atoms with E-state index in [-0.39, 0.29) is 46.9 Å². The maximum atomic E-state index is 9.73. The van der Waals surface area contributed by atoms with Crippen LogP contribution in [0.4, 0.5) is 5.69 Å². The van der Waals surface area contributed by atoms with Crippen LogP contribution in [0.1, 0.15) is 0 Å². The molecule has 0 aromatic heterocycles. The standard InChI is InChI=1S/C6H6N2O2.Ce/c9-7-8(10)6-4-2-1-3-5-6;/h1-5,10H;/q;+3. The maximum absolute atomic E-state index is 9.73. The van der Waals surface area contributed by atoms with E-state index in [1.807, 2.05) is 0 Å². The number of benzene rings is 1. The van der Waals surface area contributed by atoms with E-state index in [4.69, 9.17) is 5.21 Å². The van der Waals surface area contributed by atoms with Gasteiger partial charge in [0, 0.05) is 0 Å². The predicted octanol–water partition coefficient (Wildman–Crippen LogP) is 1.56. The van der Waals surface area contributed by atoms with Crippen molar-refractivity contribution in [1.82, 2.24) is 0 Å². The Hall–Kier alpha value is -0.0434. The van der Waals surface area contributed by atoms with Crippen molar-refractivity contribution in [3.63, 3.8) is 0 Å². The third kappa shape index (κ3) is 3.24. The molecule has 5 heteroatoms. The maximum Gasteiger partial charge on any atom is 3.00 e. The normalized spacial score (nSPS) is 8.09. The van der Waals surface area contributed by atoms with Crippen molar-refractivity contribution in [3.8, 4) is 0 Å². The summed E-state index contributed by atoms with van der Waals surface area (Å²) in [5.41, 5.74) is 0.359. The van der Waals surface area contributed by atoms with Crippen LogP contribution in [-0.2, 0) is 0 Å². The topological polar surface area (TPSA) is 52.9 Å². The van der Waals surface area contributed by atoms with Gasteiger partial charge in [-0.1, -0.05) is 18.2 Å². The molecule has 0 saturated heterocycles. The molecule has 0 aliphatic heterocycles. The summed E-state index contributed by atoms with van der Waals surface area (Å²) in [6, 6.07) is 8.32. The Morgan fingerprint density at radius 1 is 1.27 bits per heavy atom. The molecule has 0 spiro atoms. The third-order valence-corrected chi connectivity index (χ3v) is 1.06. The van der Waals surface area contributed by atoms with E-state index in [0.29, 0.717) is 5.69 Å². The molecule has 0 bridgehead atoms. The first kappa shape index (κ1) is 11.0. The number of rotatable bonds is 2. The van der Waals surface area contributed by atoms with Gasteiger partial charge < -0.3 is 0 Å². The molecule has 0 unspecified atom stereocenters. The van der Waals surface area contributed by atoms with Gasteiger partial charge in [0.1, 0.15) is 0 Å². The summed E-state index contributed by atoms with van der Waals surface area (Å²) in [6.07, 6.45) is 0. The molecule has 11 heavy (non-hydrogen) atoms. The molecule has 0 fully saturated rings. The summed E-state index contributed by atoms with van der Waals surface area (Å²) in [4.78, 5) is 9.73. The second-order valence-corrected chi connectivity index (χ2v) is 1.71. The Bertz CT molecular complexity index is 217. The molecular formula is C6H6CeN2O2+3. The average Bonchev–Trinajstić information content (AvgIpc) is 2.05. The van der Waals surface area contributed by atoms with Crippen LogP contribution in [-0.4, -0.2) is 5.21 Å². The summed E-state index contributed by atoms with van der Waals surface area (Å²) in [7, 11) is 0. The van der Waals surface area contributed by atoms with Gasteiger partial charge >= 0.3 is 41.7 Å². The van der Waals surface area contributed by atoms with Crippen LogP contribution in [0.15, 0.2) is 35.6 Å². The van der Waals surface area contributed by atoms with Crippen LogP contribution in [0.5, 0.6) is 0 Å². The third-order valence-electron chi connectivity index (χ3n) is 1.06. The molecule has 0 amide bonds. The number of nitrogens with zero attached hydrogens (tertiary/aromatic N) is 2. The first-order chi connectivity index (χ1) is 4.84. The fraction of sp³-hybridized carbons (Fsp3) is 0. The zero-order valence-corrected chi connectivity index (χ0v) is 8.78. The zero-order valence-electron chi connectivity index (χ0n) is 5.64. The first-order valence-electron chi connectivity index (χ1n) is 2.72. The molecule has 0 aliphatic carbocycles. The Morgan fingerprint density at radius 3 is 2.27 bits per heavy atom. The molecular weight excluding hydrogens is 272 g/mol. The van der Waals surface area contributed by atoms with Crippen molar-refractivity contribution in [2.45, 2.75) is 0 Å². The summed E-state index contributed by atoms with van der Waals surface area (Å²) in [5, 5.41) is 11.3. The first-order valence-corrected chi connectivity index (χ1v) is 2.72.